The van der Waals surface area contributed by atoms with Crippen LogP contribution in [0.4, 0.5) is 18.9 Å². The Morgan fingerprint density at radius 3 is 2.59 bits per heavy atom. The van der Waals surface area contributed by atoms with Crippen molar-refractivity contribution in [2.75, 3.05) is 25.0 Å². The van der Waals surface area contributed by atoms with Crippen LogP contribution in [-0.4, -0.2) is 30.4 Å². The first-order valence-electron chi connectivity index (χ1n) is 6.86. The highest BCUT2D eigenvalue weighted by atomic mass is 19.4. The average Bonchev–Trinajstić information content (AvgIpc) is 2.45. The minimum Gasteiger partial charge on any atom is -0.324 e. The topological polar surface area (TPSA) is 56.1 Å². The number of hydrogen-bond acceptors (Lipinski definition) is 3. The quantitative estimate of drug-likeness (QED) is 0.878. The van der Waals surface area contributed by atoms with Crippen molar-refractivity contribution in [3.8, 4) is 6.07 Å². The van der Waals surface area contributed by atoms with Gasteiger partial charge < -0.3 is 5.32 Å². The predicted molar refractivity (Wildman–Crippen MR) is 77.0 cm³/mol. The van der Waals surface area contributed by atoms with Crippen LogP contribution in [0.2, 0.25) is 0 Å². The monoisotopic (exact) mass is 313 g/mol. The van der Waals surface area contributed by atoms with Gasteiger partial charge in [0.1, 0.15) is 0 Å². The lowest BCUT2D eigenvalue weighted by molar-refractivity contribution is -0.137. The van der Waals surface area contributed by atoms with E-state index in [4.69, 9.17) is 5.26 Å². The number of rotatable bonds is 6. The first-order chi connectivity index (χ1) is 10.3. The van der Waals surface area contributed by atoms with E-state index in [0.717, 1.165) is 6.07 Å². The van der Waals surface area contributed by atoms with Crippen molar-refractivity contribution in [3.63, 3.8) is 0 Å². The van der Waals surface area contributed by atoms with E-state index in [1.54, 1.807) is 11.8 Å². The Morgan fingerprint density at radius 1 is 1.41 bits per heavy atom. The van der Waals surface area contributed by atoms with E-state index < -0.39 is 17.6 Å². The molecule has 0 radical (unpaired) electrons. The minimum atomic E-state index is -4.52. The summed E-state index contributed by atoms with van der Waals surface area (Å²) in [6, 6.07) is 6.90. The SMILES string of the molecule is CCN(CC(=O)Nc1ccccc1C(F)(F)F)CC(C)C#N. The molecule has 4 nitrogen and oxygen atoms in total. The van der Waals surface area contributed by atoms with Crippen LogP contribution in [0.5, 0.6) is 0 Å². The van der Waals surface area contributed by atoms with E-state index in [1.165, 1.54) is 18.2 Å². The van der Waals surface area contributed by atoms with Crippen LogP contribution in [0, 0.1) is 17.2 Å². The molecule has 1 rings (SSSR count). The van der Waals surface area contributed by atoms with Gasteiger partial charge in [-0.2, -0.15) is 18.4 Å². The van der Waals surface area contributed by atoms with Gasteiger partial charge >= 0.3 is 6.18 Å². The number of para-hydroxylation sites is 1. The lowest BCUT2D eigenvalue weighted by Gasteiger charge is -2.21. The number of benzene rings is 1. The molecule has 120 valence electrons. The van der Waals surface area contributed by atoms with Gasteiger partial charge in [-0.3, -0.25) is 9.69 Å². The molecular formula is C15H18F3N3O. The van der Waals surface area contributed by atoms with Crippen LogP contribution in [-0.2, 0) is 11.0 Å². The number of hydrogen-bond donors (Lipinski definition) is 1. The summed E-state index contributed by atoms with van der Waals surface area (Å²) in [6.07, 6.45) is -4.52. The number of nitrogens with zero attached hydrogens (tertiary/aromatic N) is 2. The third-order valence-electron chi connectivity index (χ3n) is 3.07. The molecule has 1 unspecified atom stereocenters. The van der Waals surface area contributed by atoms with E-state index >= 15 is 0 Å². The van der Waals surface area contributed by atoms with E-state index in [-0.39, 0.29) is 18.2 Å². The number of carbonyl (C=O) groups is 1. The van der Waals surface area contributed by atoms with Crippen molar-refractivity contribution in [1.82, 2.24) is 4.90 Å². The van der Waals surface area contributed by atoms with Crippen molar-refractivity contribution < 1.29 is 18.0 Å². The predicted octanol–water partition coefficient (Wildman–Crippen LogP) is 3.13. The standard InChI is InChI=1S/C15H18F3N3O/c1-3-21(9-11(2)8-19)10-14(22)20-13-7-5-4-6-12(13)15(16,17)18/h4-7,11H,3,9-10H2,1-2H3,(H,20,22). The number of nitrogens with one attached hydrogen (secondary N) is 1. The van der Waals surface area contributed by atoms with Gasteiger partial charge in [-0.25, -0.2) is 0 Å². The number of nitriles is 1. The fourth-order valence-corrected chi connectivity index (χ4v) is 1.97. The zero-order valence-electron chi connectivity index (χ0n) is 12.4. The Bertz CT molecular complexity index is 552. The van der Waals surface area contributed by atoms with Crippen LogP contribution in [0.15, 0.2) is 24.3 Å². The van der Waals surface area contributed by atoms with Gasteiger partial charge in [0, 0.05) is 6.54 Å². The van der Waals surface area contributed by atoms with Crippen molar-refractivity contribution in [1.29, 1.82) is 5.26 Å². The van der Waals surface area contributed by atoms with Gasteiger partial charge in [-0.15, -0.1) is 0 Å². The van der Waals surface area contributed by atoms with Gasteiger partial charge in [-0.1, -0.05) is 19.1 Å². The maximum atomic E-state index is 12.8. The summed E-state index contributed by atoms with van der Waals surface area (Å²) in [5.74, 6) is -0.793. The Hall–Kier alpha value is -2.07. The summed E-state index contributed by atoms with van der Waals surface area (Å²) in [5.41, 5.74) is -1.14. The second kappa shape index (κ2) is 7.80. The summed E-state index contributed by atoms with van der Waals surface area (Å²) in [4.78, 5) is 13.6. The smallest absolute Gasteiger partial charge is 0.324 e. The lowest BCUT2D eigenvalue weighted by Crippen LogP contribution is -2.36. The minimum absolute atomic E-state index is 0.0608. The Labute approximate surface area is 127 Å². The number of likely N-dealkylation sites (N-methyl/N-ethyl adjacent to an activating group) is 1. The molecule has 0 bridgehead atoms. The second-order valence-corrected chi connectivity index (χ2v) is 4.95. The lowest BCUT2D eigenvalue weighted by atomic mass is 10.1. The molecule has 7 heteroatoms. The summed E-state index contributed by atoms with van der Waals surface area (Å²) < 4.78 is 38.5. The molecule has 0 aliphatic carbocycles. The zero-order valence-corrected chi connectivity index (χ0v) is 12.4. The first kappa shape index (κ1) is 18.0. The van der Waals surface area contributed by atoms with Crippen LogP contribution >= 0.6 is 0 Å². The number of amides is 1. The molecule has 22 heavy (non-hydrogen) atoms. The van der Waals surface area contributed by atoms with Crippen LogP contribution in [0.25, 0.3) is 0 Å². The molecule has 0 spiro atoms. The molecule has 1 amide bonds. The summed E-state index contributed by atoms with van der Waals surface area (Å²) in [5, 5.41) is 11.1. The van der Waals surface area contributed by atoms with Gasteiger partial charge in [0.2, 0.25) is 5.91 Å². The molecule has 0 aliphatic rings. The normalized spacial score (nSPS) is 12.8. The fraction of sp³-hybridized carbons (Fsp3) is 0.467. The molecule has 0 aromatic heterocycles. The van der Waals surface area contributed by atoms with Crippen LogP contribution in [0.3, 0.4) is 0 Å². The van der Waals surface area contributed by atoms with E-state index in [2.05, 4.69) is 11.4 Å². The molecule has 1 aromatic carbocycles. The van der Waals surface area contributed by atoms with E-state index in [1.807, 2.05) is 6.92 Å². The first-order valence-corrected chi connectivity index (χ1v) is 6.86. The van der Waals surface area contributed by atoms with Crippen molar-refractivity contribution in [2.24, 2.45) is 5.92 Å². The summed E-state index contributed by atoms with van der Waals surface area (Å²) >= 11 is 0. The van der Waals surface area contributed by atoms with Crippen LogP contribution in [0.1, 0.15) is 19.4 Å². The number of alkyl halides is 3. The van der Waals surface area contributed by atoms with Crippen molar-refractivity contribution in [2.45, 2.75) is 20.0 Å². The highest BCUT2D eigenvalue weighted by Gasteiger charge is 2.33. The molecule has 0 saturated heterocycles. The number of anilines is 1. The molecule has 1 atom stereocenters. The molecule has 0 fully saturated rings. The maximum absolute atomic E-state index is 12.8. The molecular weight excluding hydrogens is 295 g/mol. The molecule has 1 aromatic rings. The second-order valence-electron chi connectivity index (χ2n) is 4.95. The Balaban J connectivity index is 2.75. The Morgan fingerprint density at radius 2 is 2.05 bits per heavy atom. The van der Waals surface area contributed by atoms with Crippen LogP contribution < -0.4 is 5.32 Å². The summed E-state index contributed by atoms with van der Waals surface area (Å²) in [7, 11) is 0. The molecule has 1 N–H and O–H groups in total. The van der Waals surface area contributed by atoms with E-state index in [0.29, 0.717) is 13.1 Å². The highest BCUT2D eigenvalue weighted by molar-refractivity contribution is 5.93. The van der Waals surface area contributed by atoms with Crippen molar-refractivity contribution in [3.05, 3.63) is 29.8 Å². The maximum Gasteiger partial charge on any atom is 0.418 e. The van der Waals surface area contributed by atoms with Gasteiger partial charge in [0.25, 0.3) is 0 Å². The Kier molecular flexibility index (Phi) is 6.38. The third-order valence-corrected chi connectivity index (χ3v) is 3.07. The number of carbonyl (C=O) groups excluding carboxylic acids is 1. The summed E-state index contributed by atoms with van der Waals surface area (Å²) in [6.45, 7) is 4.40. The number of halogens is 3. The van der Waals surface area contributed by atoms with Gasteiger partial charge in [0.05, 0.1) is 29.8 Å². The molecule has 0 heterocycles. The third kappa shape index (κ3) is 5.37. The van der Waals surface area contributed by atoms with Gasteiger partial charge in [0.15, 0.2) is 0 Å². The zero-order chi connectivity index (χ0) is 16.8. The fourth-order valence-electron chi connectivity index (χ4n) is 1.97. The van der Waals surface area contributed by atoms with Crippen molar-refractivity contribution >= 4 is 11.6 Å². The highest BCUT2D eigenvalue weighted by Crippen LogP contribution is 2.34. The molecule has 0 saturated carbocycles. The molecule has 0 aliphatic heterocycles. The average molecular weight is 313 g/mol. The largest absolute Gasteiger partial charge is 0.418 e. The van der Waals surface area contributed by atoms with Gasteiger partial charge in [-0.05, 0) is 25.6 Å². The van der Waals surface area contributed by atoms with E-state index in [9.17, 15) is 18.0 Å².